The molecule has 1 fully saturated rings. The molecule has 20 heavy (non-hydrogen) atoms. The Morgan fingerprint density at radius 2 is 1.70 bits per heavy atom. The molecular weight excluding hydrogens is 321 g/mol. The van der Waals surface area contributed by atoms with Gasteiger partial charge in [0.15, 0.2) is 0 Å². The number of halogens is 2. The van der Waals surface area contributed by atoms with E-state index in [1.807, 2.05) is 13.8 Å². The highest BCUT2D eigenvalue weighted by atomic mass is 35.5. The molecule has 1 aromatic carbocycles. The zero-order valence-corrected chi connectivity index (χ0v) is 13.9. The number of aryl methyl sites for hydroxylation is 1. The molecule has 0 radical (unpaired) electrons. The van der Waals surface area contributed by atoms with Crippen LogP contribution in [0.5, 0.6) is 0 Å². The molecular formula is C13H17Cl2NO3S. The molecule has 1 aliphatic rings. The van der Waals surface area contributed by atoms with Crippen LogP contribution in [0.3, 0.4) is 0 Å². The fourth-order valence-corrected chi connectivity index (χ4v) is 4.69. The van der Waals surface area contributed by atoms with Crippen LogP contribution in [0.2, 0.25) is 10.0 Å². The molecule has 0 amide bonds. The molecule has 0 bridgehead atoms. The normalized spacial score (nSPS) is 24.9. The van der Waals surface area contributed by atoms with Crippen molar-refractivity contribution < 1.29 is 13.2 Å². The first-order valence-corrected chi connectivity index (χ1v) is 8.52. The summed E-state index contributed by atoms with van der Waals surface area (Å²) >= 11 is 12.0. The Hall–Kier alpha value is -0.330. The largest absolute Gasteiger partial charge is 0.373 e. The number of sulfonamides is 1. The third-order valence-corrected chi connectivity index (χ3v) is 5.92. The van der Waals surface area contributed by atoms with Crippen LogP contribution in [0, 0.1) is 6.92 Å². The minimum absolute atomic E-state index is 0.0994. The molecule has 7 heteroatoms. The van der Waals surface area contributed by atoms with Crippen LogP contribution in [-0.2, 0) is 14.8 Å². The van der Waals surface area contributed by atoms with E-state index in [-0.39, 0.29) is 22.1 Å². The fraction of sp³-hybridized carbons (Fsp3) is 0.538. The van der Waals surface area contributed by atoms with Crippen molar-refractivity contribution in [3.63, 3.8) is 0 Å². The van der Waals surface area contributed by atoms with Gasteiger partial charge in [-0.05, 0) is 38.5 Å². The monoisotopic (exact) mass is 337 g/mol. The van der Waals surface area contributed by atoms with Gasteiger partial charge in [-0.3, -0.25) is 0 Å². The highest BCUT2D eigenvalue weighted by Gasteiger charge is 2.33. The number of rotatable bonds is 2. The van der Waals surface area contributed by atoms with Crippen molar-refractivity contribution in [3.8, 4) is 0 Å². The summed E-state index contributed by atoms with van der Waals surface area (Å²) in [4.78, 5) is 0.0994. The predicted octanol–water partition coefficient (Wildman–Crippen LogP) is 3.10. The molecule has 0 N–H and O–H groups in total. The maximum absolute atomic E-state index is 12.7. The van der Waals surface area contributed by atoms with Gasteiger partial charge >= 0.3 is 0 Å². The third kappa shape index (κ3) is 3.12. The van der Waals surface area contributed by atoms with E-state index in [1.165, 1.54) is 16.4 Å². The van der Waals surface area contributed by atoms with Crippen LogP contribution in [0.4, 0.5) is 0 Å². The van der Waals surface area contributed by atoms with Crippen molar-refractivity contribution in [2.24, 2.45) is 0 Å². The fourth-order valence-electron chi connectivity index (χ4n) is 2.29. The number of benzene rings is 1. The van der Waals surface area contributed by atoms with E-state index in [0.29, 0.717) is 23.7 Å². The Morgan fingerprint density at radius 1 is 1.15 bits per heavy atom. The first kappa shape index (κ1) is 16.0. The molecule has 0 saturated carbocycles. The van der Waals surface area contributed by atoms with Gasteiger partial charge in [0.2, 0.25) is 10.0 Å². The van der Waals surface area contributed by atoms with Gasteiger partial charge in [0.25, 0.3) is 0 Å². The van der Waals surface area contributed by atoms with Gasteiger partial charge < -0.3 is 4.74 Å². The summed E-state index contributed by atoms with van der Waals surface area (Å²) in [6, 6.07) is 2.99. The van der Waals surface area contributed by atoms with Crippen molar-refractivity contribution in [2.75, 3.05) is 13.1 Å². The van der Waals surface area contributed by atoms with Crippen molar-refractivity contribution in [3.05, 3.63) is 27.7 Å². The van der Waals surface area contributed by atoms with Crippen molar-refractivity contribution in [2.45, 2.75) is 37.9 Å². The van der Waals surface area contributed by atoms with E-state index in [9.17, 15) is 8.42 Å². The molecule has 0 aliphatic carbocycles. The van der Waals surface area contributed by atoms with Crippen molar-refractivity contribution in [1.82, 2.24) is 4.31 Å². The zero-order valence-electron chi connectivity index (χ0n) is 11.6. The molecule has 4 nitrogen and oxygen atoms in total. The van der Waals surface area contributed by atoms with Gasteiger partial charge in [-0.1, -0.05) is 23.2 Å². The number of hydrogen-bond donors (Lipinski definition) is 0. The van der Waals surface area contributed by atoms with Gasteiger partial charge in [0, 0.05) is 18.1 Å². The lowest BCUT2D eigenvalue weighted by Gasteiger charge is -2.34. The Morgan fingerprint density at radius 3 is 2.25 bits per heavy atom. The lowest BCUT2D eigenvalue weighted by atomic mass is 10.2. The molecule has 1 heterocycles. The molecule has 0 spiro atoms. The van der Waals surface area contributed by atoms with Crippen LogP contribution in [0.15, 0.2) is 17.0 Å². The summed E-state index contributed by atoms with van der Waals surface area (Å²) in [5.74, 6) is 0. The minimum Gasteiger partial charge on any atom is -0.373 e. The Labute approximate surface area is 129 Å². The summed E-state index contributed by atoms with van der Waals surface area (Å²) in [6.45, 7) is 6.11. The molecule has 1 aromatic rings. The predicted molar refractivity (Wildman–Crippen MR) is 80.0 cm³/mol. The SMILES string of the molecule is Cc1cc(S(=O)(=O)N2C[C@H](C)O[C@@H](C)C2)c(Cl)cc1Cl. The van der Waals surface area contributed by atoms with Gasteiger partial charge in [-0.15, -0.1) is 0 Å². The smallest absolute Gasteiger partial charge is 0.244 e. The Balaban J connectivity index is 2.42. The first-order valence-electron chi connectivity index (χ1n) is 6.33. The summed E-state index contributed by atoms with van der Waals surface area (Å²) in [5.41, 5.74) is 0.684. The Kier molecular flexibility index (Phi) is 4.66. The second-order valence-electron chi connectivity index (χ2n) is 5.11. The van der Waals surface area contributed by atoms with Crippen molar-refractivity contribution in [1.29, 1.82) is 0 Å². The number of morpholine rings is 1. The second kappa shape index (κ2) is 5.81. The first-order chi connectivity index (χ1) is 9.21. The Bertz CT molecular complexity index is 608. The average molecular weight is 338 g/mol. The van der Waals surface area contributed by atoms with Gasteiger partial charge in [-0.2, -0.15) is 4.31 Å². The topological polar surface area (TPSA) is 46.6 Å². The van der Waals surface area contributed by atoms with E-state index in [4.69, 9.17) is 27.9 Å². The number of hydrogen-bond acceptors (Lipinski definition) is 3. The molecule has 112 valence electrons. The maximum Gasteiger partial charge on any atom is 0.244 e. The lowest BCUT2D eigenvalue weighted by Crippen LogP contribution is -2.48. The molecule has 2 rings (SSSR count). The van der Waals surface area contributed by atoms with E-state index in [2.05, 4.69) is 0 Å². The molecule has 1 aliphatic heterocycles. The zero-order chi connectivity index (χ0) is 15.1. The number of nitrogens with zero attached hydrogens (tertiary/aromatic N) is 1. The van der Waals surface area contributed by atoms with E-state index in [1.54, 1.807) is 6.92 Å². The molecule has 1 saturated heterocycles. The minimum atomic E-state index is -3.64. The van der Waals surface area contributed by atoms with Gasteiger partial charge in [0.1, 0.15) is 4.90 Å². The van der Waals surface area contributed by atoms with Gasteiger partial charge in [-0.25, -0.2) is 8.42 Å². The van der Waals surface area contributed by atoms with Crippen LogP contribution in [0.1, 0.15) is 19.4 Å². The molecule has 0 aromatic heterocycles. The standard InChI is InChI=1S/C13H17Cl2NO3S/c1-8-4-13(12(15)5-11(8)14)20(17,18)16-6-9(2)19-10(3)7-16/h4-5,9-10H,6-7H2,1-3H3/t9-,10-/m0/s1. The van der Waals surface area contributed by atoms with Crippen LogP contribution >= 0.6 is 23.2 Å². The van der Waals surface area contributed by atoms with E-state index in [0.717, 1.165) is 0 Å². The highest BCUT2D eigenvalue weighted by Crippen LogP contribution is 2.31. The van der Waals surface area contributed by atoms with Gasteiger partial charge in [0.05, 0.1) is 17.2 Å². The molecule has 0 unspecified atom stereocenters. The average Bonchev–Trinajstić information content (AvgIpc) is 2.32. The summed E-state index contributed by atoms with van der Waals surface area (Å²) in [6.07, 6.45) is -0.276. The second-order valence-corrected chi connectivity index (χ2v) is 7.83. The third-order valence-electron chi connectivity index (χ3n) is 3.22. The quantitative estimate of drug-likeness (QED) is 0.832. The van der Waals surface area contributed by atoms with Crippen LogP contribution in [0.25, 0.3) is 0 Å². The van der Waals surface area contributed by atoms with Crippen molar-refractivity contribution >= 4 is 33.2 Å². The molecule has 2 atom stereocenters. The van der Waals surface area contributed by atoms with E-state index >= 15 is 0 Å². The number of ether oxygens (including phenoxy) is 1. The lowest BCUT2D eigenvalue weighted by molar-refractivity contribution is -0.0440. The summed E-state index contributed by atoms with van der Waals surface area (Å²) < 4.78 is 32.4. The summed E-state index contributed by atoms with van der Waals surface area (Å²) in [7, 11) is -3.64. The summed E-state index contributed by atoms with van der Waals surface area (Å²) in [5, 5.41) is 0.602. The van der Waals surface area contributed by atoms with Crippen LogP contribution in [-0.4, -0.2) is 38.0 Å². The van der Waals surface area contributed by atoms with Crippen LogP contribution < -0.4 is 0 Å². The van der Waals surface area contributed by atoms with E-state index < -0.39 is 10.0 Å². The maximum atomic E-state index is 12.7. The highest BCUT2D eigenvalue weighted by molar-refractivity contribution is 7.89.